The molecule has 0 aliphatic carbocycles. The van der Waals surface area contributed by atoms with Crippen LogP contribution in [0.5, 0.6) is 0 Å². The fraction of sp³-hybridized carbons (Fsp3) is 0.636. The molecule has 4 nitrogen and oxygen atoms in total. The number of aromatic carboxylic acids is 1. The maximum absolute atomic E-state index is 10.6. The van der Waals surface area contributed by atoms with Crippen LogP contribution < -0.4 is 0 Å². The Morgan fingerprint density at radius 2 is 2.13 bits per heavy atom. The monoisotopic (exact) mass is 210 g/mol. The van der Waals surface area contributed by atoms with Gasteiger partial charge in [-0.2, -0.15) is 5.10 Å². The van der Waals surface area contributed by atoms with E-state index in [4.69, 9.17) is 5.11 Å². The highest BCUT2D eigenvalue weighted by Gasteiger charge is 2.05. The molecular weight excluding hydrogens is 192 g/mol. The molecule has 0 unspecified atom stereocenters. The van der Waals surface area contributed by atoms with E-state index < -0.39 is 5.97 Å². The predicted molar refractivity (Wildman–Crippen MR) is 57.9 cm³/mol. The molecule has 1 aromatic heterocycles. The van der Waals surface area contributed by atoms with Crippen LogP contribution in [0.3, 0.4) is 0 Å². The summed E-state index contributed by atoms with van der Waals surface area (Å²) in [5.41, 5.74) is 0.128. The number of hydrogen-bond donors (Lipinski definition) is 1. The average Bonchev–Trinajstić information content (AvgIpc) is 2.66. The predicted octanol–water partition coefficient (Wildman–Crippen LogP) is 2.55. The molecule has 0 atom stereocenters. The van der Waals surface area contributed by atoms with Crippen molar-refractivity contribution in [2.45, 2.75) is 45.6 Å². The molecule has 0 aliphatic rings. The van der Waals surface area contributed by atoms with Gasteiger partial charge in [0, 0.05) is 12.7 Å². The van der Waals surface area contributed by atoms with Crippen LogP contribution in [-0.2, 0) is 6.54 Å². The van der Waals surface area contributed by atoms with Crippen LogP contribution >= 0.6 is 0 Å². The lowest BCUT2D eigenvalue weighted by Gasteiger charge is -2.00. The maximum Gasteiger partial charge on any atom is 0.356 e. The van der Waals surface area contributed by atoms with Gasteiger partial charge >= 0.3 is 5.97 Å². The largest absolute Gasteiger partial charge is 0.476 e. The number of rotatable bonds is 7. The number of nitrogens with zero attached hydrogens (tertiary/aromatic N) is 2. The molecule has 4 heteroatoms. The zero-order chi connectivity index (χ0) is 11.1. The summed E-state index contributed by atoms with van der Waals surface area (Å²) < 4.78 is 1.70. The number of carboxylic acids is 1. The first-order chi connectivity index (χ1) is 7.24. The summed E-state index contributed by atoms with van der Waals surface area (Å²) in [6, 6.07) is 1.54. The Hall–Kier alpha value is -1.32. The summed E-state index contributed by atoms with van der Waals surface area (Å²) in [6.07, 6.45) is 7.76. The molecule has 1 heterocycles. The van der Waals surface area contributed by atoms with Crippen LogP contribution in [-0.4, -0.2) is 20.9 Å². The van der Waals surface area contributed by atoms with Crippen molar-refractivity contribution < 1.29 is 9.90 Å². The molecule has 0 aromatic carbocycles. The van der Waals surface area contributed by atoms with Gasteiger partial charge < -0.3 is 5.11 Å². The van der Waals surface area contributed by atoms with Gasteiger partial charge in [0.1, 0.15) is 0 Å². The number of hydrogen-bond acceptors (Lipinski definition) is 2. The third-order valence-electron chi connectivity index (χ3n) is 2.35. The maximum atomic E-state index is 10.6. The van der Waals surface area contributed by atoms with Crippen molar-refractivity contribution in [3.8, 4) is 0 Å². The van der Waals surface area contributed by atoms with Gasteiger partial charge in [0.05, 0.1) is 0 Å². The van der Waals surface area contributed by atoms with Gasteiger partial charge in [0.15, 0.2) is 5.69 Å². The Morgan fingerprint density at radius 1 is 1.40 bits per heavy atom. The quantitative estimate of drug-likeness (QED) is 0.703. The number of carbonyl (C=O) groups is 1. The smallest absolute Gasteiger partial charge is 0.356 e. The minimum atomic E-state index is -0.959. The van der Waals surface area contributed by atoms with Crippen LogP contribution in [0.2, 0.25) is 0 Å². The van der Waals surface area contributed by atoms with E-state index in [2.05, 4.69) is 12.0 Å². The van der Waals surface area contributed by atoms with E-state index >= 15 is 0 Å². The Balaban J connectivity index is 2.23. The van der Waals surface area contributed by atoms with E-state index in [-0.39, 0.29) is 5.69 Å². The Morgan fingerprint density at radius 3 is 2.73 bits per heavy atom. The van der Waals surface area contributed by atoms with E-state index in [1.807, 2.05) is 0 Å². The van der Waals surface area contributed by atoms with E-state index in [9.17, 15) is 4.79 Å². The molecule has 0 aliphatic heterocycles. The highest BCUT2D eigenvalue weighted by atomic mass is 16.4. The van der Waals surface area contributed by atoms with Crippen LogP contribution in [0.4, 0.5) is 0 Å². The van der Waals surface area contributed by atoms with E-state index in [1.54, 1.807) is 10.9 Å². The second kappa shape index (κ2) is 6.22. The first kappa shape index (κ1) is 11.8. The Bertz CT molecular complexity index is 307. The number of unbranched alkanes of at least 4 members (excludes halogenated alkanes) is 4. The lowest BCUT2D eigenvalue weighted by atomic mass is 10.1. The number of aromatic nitrogens is 2. The van der Waals surface area contributed by atoms with Crippen LogP contribution in [0.25, 0.3) is 0 Å². The Labute approximate surface area is 89.9 Å². The van der Waals surface area contributed by atoms with Crippen molar-refractivity contribution in [1.82, 2.24) is 9.78 Å². The molecule has 0 bridgehead atoms. The lowest BCUT2D eigenvalue weighted by molar-refractivity contribution is 0.0689. The third-order valence-corrected chi connectivity index (χ3v) is 2.35. The lowest BCUT2D eigenvalue weighted by Crippen LogP contribution is -2.02. The molecule has 1 N–H and O–H groups in total. The van der Waals surface area contributed by atoms with Gasteiger partial charge in [-0.1, -0.05) is 32.6 Å². The molecule has 0 saturated carbocycles. The van der Waals surface area contributed by atoms with Gasteiger partial charge in [-0.3, -0.25) is 4.68 Å². The van der Waals surface area contributed by atoms with Gasteiger partial charge in [0.2, 0.25) is 0 Å². The summed E-state index contributed by atoms with van der Waals surface area (Å²) in [5.74, 6) is -0.959. The van der Waals surface area contributed by atoms with E-state index in [0.29, 0.717) is 0 Å². The molecular formula is C11H18N2O2. The second-order valence-corrected chi connectivity index (χ2v) is 3.68. The van der Waals surface area contributed by atoms with Gasteiger partial charge in [0.25, 0.3) is 0 Å². The van der Waals surface area contributed by atoms with Gasteiger partial charge in [-0.15, -0.1) is 0 Å². The van der Waals surface area contributed by atoms with Crippen molar-refractivity contribution in [3.63, 3.8) is 0 Å². The van der Waals surface area contributed by atoms with E-state index in [0.717, 1.165) is 13.0 Å². The standard InChI is InChI=1S/C11H18N2O2/c1-2-3-4-5-6-8-13-9-7-10(12-13)11(14)15/h7,9H,2-6,8H2,1H3,(H,14,15). The van der Waals surface area contributed by atoms with Crippen molar-refractivity contribution >= 4 is 5.97 Å². The summed E-state index contributed by atoms with van der Waals surface area (Å²) in [4.78, 5) is 10.6. The summed E-state index contributed by atoms with van der Waals surface area (Å²) in [7, 11) is 0. The molecule has 0 saturated heterocycles. The van der Waals surface area contributed by atoms with E-state index in [1.165, 1.54) is 31.7 Å². The minimum Gasteiger partial charge on any atom is -0.476 e. The van der Waals surface area contributed by atoms with Crippen molar-refractivity contribution in [2.75, 3.05) is 0 Å². The summed E-state index contributed by atoms with van der Waals surface area (Å²) >= 11 is 0. The molecule has 84 valence electrons. The van der Waals surface area contributed by atoms with Crippen LogP contribution in [0.1, 0.15) is 49.5 Å². The van der Waals surface area contributed by atoms with Crippen LogP contribution in [0.15, 0.2) is 12.3 Å². The number of carboxylic acid groups (broad SMARTS) is 1. The van der Waals surface area contributed by atoms with Gasteiger partial charge in [-0.25, -0.2) is 4.79 Å². The van der Waals surface area contributed by atoms with Crippen molar-refractivity contribution in [3.05, 3.63) is 18.0 Å². The summed E-state index contributed by atoms with van der Waals surface area (Å²) in [6.45, 7) is 3.00. The molecule has 15 heavy (non-hydrogen) atoms. The first-order valence-corrected chi connectivity index (χ1v) is 5.50. The van der Waals surface area contributed by atoms with Crippen molar-refractivity contribution in [2.24, 2.45) is 0 Å². The molecule has 0 amide bonds. The number of aryl methyl sites for hydroxylation is 1. The SMILES string of the molecule is CCCCCCCn1ccc(C(=O)O)n1. The second-order valence-electron chi connectivity index (χ2n) is 3.68. The highest BCUT2D eigenvalue weighted by molar-refractivity contribution is 5.84. The summed E-state index contributed by atoms with van der Waals surface area (Å²) in [5, 5.41) is 12.6. The third kappa shape index (κ3) is 4.14. The topological polar surface area (TPSA) is 55.1 Å². The minimum absolute atomic E-state index is 0.128. The first-order valence-electron chi connectivity index (χ1n) is 5.50. The fourth-order valence-corrected chi connectivity index (χ4v) is 1.48. The molecule has 0 spiro atoms. The molecule has 1 aromatic rings. The van der Waals surface area contributed by atoms with Crippen LogP contribution in [0, 0.1) is 0 Å². The Kier molecular flexibility index (Phi) is 4.87. The fourth-order valence-electron chi connectivity index (χ4n) is 1.48. The molecule has 1 rings (SSSR count). The normalized spacial score (nSPS) is 10.5. The zero-order valence-electron chi connectivity index (χ0n) is 9.15. The van der Waals surface area contributed by atoms with Gasteiger partial charge in [-0.05, 0) is 12.5 Å². The highest BCUT2D eigenvalue weighted by Crippen LogP contribution is 2.04. The molecule has 0 fully saturated rings. The zero-order valence-corrected chi connectivity index (χ0v) is 9.15. The molecule has 0 radical (unpaired) electrons. The van der Waals surface area contributed by atoms with Crippen molar-refractivity contribution in [1.29, 1.82) is 0 Å². The average molecular weight is 210 g/mol.